The van der Waals surface area contributed by atoms with Crippen LogP contribution in [-0.2, 0) is 6.54 Å². The van der Waals surface area contributed by atoms with Crippen LogP contribution in [0.4, 0.5) is 8.78 Å². The number of aromatic nitrogens is 2. The highest BCUT2D eigenvalue weighted by Gasteiger charge is 2.26. The predicted octanol–water partition coefficient (Wildman–Crippen LogP) is 0.409. The highest BCUT2D eigenvalue weighted by Crippen LogP contribution is 2.09. The lowest BCUT2D eigenvalue weighted by Crippen LogP contribution is -2.37. The lowest BCUT2D eigenvalue weighted by molar-refractivity contribution is -0.0475. The summed E-state index contributed by atoms with van der Waals surface area (Å²) >= 11 is 0. The summed E-state index contributed by atoms with van der Waals surface area (Å²) in [6.45, 7) is 1.24. The summed E-state index contributed by atoms with van der Waals surface area (Å²) in [5.41, 5.74) is 0. The zero-order valence-electron chi connectivity index (χ0n) is 8.58. The quantitative estimate of drug-likeness (QED) is 0.681. The Morgan fingerprint density at radius 2 is 2.33 bits per heavy atom. The van der Waals surface area contributed by atoms with Crippen LogP contribution in [0.15, 0.2) is 12.4 Å². The topological polar surface area (TPSA) is 50.1 Å². The first kappa shape index (κ1) is 12.1. The first-order valence-corrected chi connectivity index (χ1v) is 4.72. The highest BCUT2D eigenvalue weighted by molar-refractivity contribution is 4.88. The van der Waals surface area contributed by atoms with E-state index in [1.54, 1.807) is 12.4 Å². The minimum absolute atomic E-state index is 0.423. The third-order valence-electron chi connectivity index (χ3n) is 2.07. The van der Waals surface area contributed by atoms with Crippen LogP contribution in [0.3, 0.4) is 0 Å². The van der Waals surface area contributed by atoms with Crippen LogP contribution in [0, 0.1) is 6.92 Å². The third kappa shape index (κ3) is 3.93. The summed E-state index contributed by atoms with van der Waals surface area (Å²) in [5.74, 6) is -2.19. The Morgan fingerprint density at radius 3 is 2.87 bits per heavy atom. The first-order valence-electron chi connectivity index (χ1n) is 4.72. The molecule has 15 heavy (non-hydrogen) atoms. The molecule has 0 amide bonds. The Hall–Kier alpha value is -1.01. The van der Waals surface area contributed by atoms with Crippen molar-refractivity contribution >= 4 is 0 Å². The number of nitrogens with one attached hydrogen (secondary N) is 1. The predicted molar refractivity (Wildman–Crippen MR) is 51.9 cm³/mol. The highest BCUT2D eigenvalue weighted by atomic mass is 19.3. The van der Waals surface area contributed by atoms with Crippen LogP contribution < -0.4 is 5.32 Å². The van der Waals surface area contributed by atoms with E-state index in [1.807, 2.05) is 11.5 Å². The maximum Gasteiger partial charge on any atom is 0.282 e. The molecular formula is C9H15F2N3O. The molecule has 2 N–H and O–H groups in total. The van der Waals surface area contributed by atoms with Gasteiger partial charge in [0.2, 0.25) is 0 Å². The van der Waals surface area contributed by atoms with Crippen molar-refractivity contribution < 1.29 is 13.9 Å². The Labute approximate surface area is 86.9 Å². The molecule has 0 aliphatic heterocycles. The average molecular weight is 219 g/mol. The molecule has 0 bridgehead atoms. The minimum Gasteiger partial charge on any atom is -0.390 e. The monoisotopic (exact) mass is 219 g/mol. The lowest BCUT2D eigenvalue weighted by atomic mass is 10.3. The molecule has 0 aromatic carbocycles. The Kier molecular flexibility index (Phi) is 4.16. The fourth-order valence-electron chi connectivity index (χ4n) is 1.17. The van der Waals surface area contributed by atoms with Crippen molar-refractivity contribution in [2.24, 2.45) is 0 Å². The third-order valence-corrected chi connectivity index (χ3v) is 2.07. The van der Waals surface area contributed by atoms with Crippen molar-refractivity contribution in [3.8, 4) is 0 Å². The number of aliphatic hydroxyl groups excluding tert-OH is 1. The van der Waals surface area contributed by atoms with Gasteiger partial charge in [-0.2, -0.15) is 0 Å². The van der Waals surface area contributed by atoms with Crippen LogP contribution >= 0.6 is 0 Å². The summed E-state index contributed by atoms with van der Waals surface area (Å²) < 4.78 is 27.0. The number of hydrogen-bond acceptors (Lipinski definition) is 3. The molecule has 0 aliphatic rings. The van der Waals surface area contributed by atoms with E-state index in [-0.39, 0.29) is 0 Å². The second-order valence-corrected chi connectivity index (χ2v) is 3.36. The molecule has 0 atom stereocenters. The van der Waals surface area contributed by atoms with Gasteiger partial charge in [0, 0.05) is 25.5 Å². The maximum atomic E-state index is 12.6. The van der Waals surface area contributed by atoms with Crippen molar-refractivity contribution in [3.63, 3.8) is 0 Å². The number of imidazole rings is 1. The fourth-order valence-corrected chi connectivity index (χ4v) is 1.17. The molecule has 1 heterocycles. The van der Waals surface area contributed by atoms with Crippen LogP contribution in [-0.4, -0.2) is 40.3 Å². The number of nitrogens with zero attached hydrogens (tertiary/aromatic N) is 2. The van der Waals surface area contributed by atoms with E-state index in [0.29, 0.717) is 13.1 Å². The first-order chi connectivity index (χ1) is 7.05. The molecule has 1 aromatic rings. The number of aliphatic hydroxyl groups is 1. The molecule has 4 nitrogen and oxygen atoms in total. The van der Waals surface area contributed by atoms with Crippen LogP contribution in [0.1, 0.15) is 5.82 Å². The zero-order valence-corrected chi connectivity index (χ0v) is 8.58. The van der Waals surface area contributed by atoms with Crippen molar-refractivity contribution in [2.75, 3.05) is 19.7 Å². The molecule has 0 radical (unpaired) electrons. The number of aryl methyl sites for hydroxylation is 1. The van der Waals surface area contributed by atoms with E-state index in [1.165, 1.54) is 0 Å². The molecule has 0 spiro atoms. The van der Waals surface area contributed by atoms with E-state index in [2.05, 4.69) is 10.3 Å². The largest absolute Gasteiger partial charge is 0.390 e. The molecular weight excluding hydrogens is 204 g/mol. The molecule has 1 aromatic heterocycles. The summed E-state index contributed by atoms with van der Waals surface area (Å²) in [6, 6.07) is 0. The maximum absolute atomic E-state index is 12.6. The Balaban J connectivity index is 2.20. The van der Waals surface area contributed by atoms with Gasteiger partial charge in [0.1, 0.15) is 12.4 Å². The second kappa shape index (κ2) is 5.18. The smallest absolute Gasteiger partial charge is 0.282 e. The number of rotatable bonds is 6. The van der Waals surface area contributed by atoms with Gasteiger partial charge < -0.3 is 15.0 Å². The normalized spacial score (nSPS) is 12.0. The van der Waals surface area contributed by atoms with Gasteiger partial charge in [-0.15, -0.1) is 0 Å². The van der Waals surface area contributed by atoms with Crippen LogP contribution in [0.25, 0.3) is 0 Å². The van der Waals surface area contributed by atoms with E-state index in [4.69, 9.17) is 5.11 Å². The summed E-state index contributed by atoms with van der Waals surface area (Å²) in [5, 5.41) is 10.9. The van der Waals surface area contributed by atoms with Gasteiger partial charge in [-0.05, 0) is 6.92 Å². The zero-order chi connectivity index (χ0) is 11.3. The Morgan fingerprint density at radius 1 is 1.60 bits per heavy atom. The van der Waals surface area contributed by atoms with Gasteiger partial charge in [-0.3, -0.25) is 0 Å². The molecule has 0 saturated heterocycles. The minimum atomic E-state index is -3.04. The van der Waals surface area contributed by atoms with Crippen molar-refractivity contribution in [2.45, 2.75) is 19.4 Å². The molecule has 86 valence electrons. The number of halogens is 2. The van der Waals surface area contributed by atoms with Gasteiger partial charge in [0.25, 0.3) is 5.92 Å². The van der Waals surface area contributed by atoms with Crippen molar-refractivity contribution in [1.82, 2.24) is 14.9 Å². The van der Waals surface area contributed by atoms with Crippen LogP contribution in [0.2, 0.25) is 0 Å². The Bertz CT molecular complexity index is 301. The van der Waals surface area contributed by atoms with E-state index in [9.17, 15) is 8.78 Å². The van der Waals surface area contributed by atoms with E-state index in [0.717, 1.165) is 5.82 Å². The van der Waals surface area contributed by atoms with Gasteiger partial charge in [0.05, 0.1) is 6.54 Å². The molecule has 0 fully saturated rings. The van der Waals surface area contributed by atoms with Gasteiger partial charge in [-0.1, -0.05) is 0 Å². The summed E-state index contributed by atoms with van der Waals surface area (Å²) in [6.07, 6.45) is 3.46. The summed E-state index contributed by atoms with van der Waals surface area (Å²) in [7, 11) is 0. The van der Waals surface area contributed by atoms with Gasteiger partial charge in [0.15, 0.2) is 0 Å². The number of hydrogen-bond donors (Lipinski definition) is 2. The standard InChI is InChI=1S/C9H15F2N3O/c1-8-13-3-5-14(8)4-2-12-6-9(10,11)7-15/h3,5,12,15H,2,4,6-7H2,1H3. The molecule has 0 aliphatic carbocycles. The molecule has 0 saturated carbocycles. The van der Waals surface area contributed by atoms with Crippen molar-refractivity contribution in [3.05, 3.63) is 18.2 Å². The van der Waals surface area contributed by atoms with Gasteiger partial charge >= 0.3 is 0 Å². The second-order valence-electron chi connectivity index (χ2n) is 3.36. The average Bonchev–Trinajstić information content (AvgIpc) is 2.59. The molecule has 0 unspecified atom stereocenters. The molecule has 1 rings (SSSR count). The fraction of sp³-hybridized carbons (Fsp3) is 0.667. The SMILES string of the molecule is Cc1nccn1CCNCC(F)(F)CO. The lowest BCUT2D eigenvalue weighted by Gasteiger charge is -2.14. The van der Waals surface area contributed by atoms with Crippen LogP contribution in [0.5, 0.6) is 0 Å². The van der Waals surface area contributed by atoms with Gasteiger partial charge in [-0.25, -0.2) is 13.8 Å². The van der Waals surface area contributed by atoms with E-state index < -0.39 is 19.1 Å². The summed E-state index contributed by atoms with van der Waals surface area (Å²) in [4.78, 5) is 4.01. The van der Waals surface area contributed by atoms with Crippen molar-refractivity contribution in [1.29, 1.82) is 0 Å². The molecule has 6 heteroatoms. The number of alkyl halides is 2. The van der Waals surface area contributed by atoms with E-state index >= 15 is 0 Å².